The van der Waals surface area contributed by atoms with Gasteiger partial charge in [-0.3, -0.25) is 14.9 Å². The van der Waals surface area contributed by atoms with Gasteiger partial charge in [0.1, 0.15) is 0 Å². The molecule has 7 heteroatoms. The van der Waals surface area contributed by atoms with E-state index in [1.165, 1.54) is 0 Å². The van der Waals surface area contributed by atoms with Gasteiger partial charge >= 0.3 is 0 Å². The molecule has 1 fully saturated rings. The maximum atomic E-state index is 12.2. The number of hydrogen-bond acceptors (Lipinski definition) is 4. The molecule has 112 valence electrons. The van der Waals surface area contributed by atoms with E-state index < -0.39 is 5.92 Å². The Morgan fingerprint density at radius 2 is 2.05 bits per heavy atom. The minimum atomic E-state index is -0.407. The van der Waals surface area contributed by atoms with Crippen molar-refractivity contribution in [3.8, 4) is 0 Å². The van der Waals surface area contributed by atoms with Gasteiger partial charge in [0.25, 0.3) is 0 Å². The van der Waals surface area contributed by atoms with Crippen molar-refractivity contribution < 1.29 is 9.59 Å². The normalized spacial score (nSPS) is 17.6. The molecule has 22 heavy (non-hydrogen) atoms. The molecule has 1 atom stereocenters. The van der Waals surface area contributed by atoms with Crippen LogP contribution in [0, 0.1) is 5.92 Å². The second-order valence-corrected chi connectivity index (χ2v) is 5.86. The van der Waals surface area contributed by atoms with E-state index >= 15 is 0 Å². The minimum Gasteiger partial charge on any atom is -0.312 e. The molecule has 1 aromatic carbocycles. The van der Waals surface area contributed by atoms with Gasteiger partial charge in [-0.15, -0.1) is 0 Å². The number of rotatable bonds is 3. The first-order chi connectivity index (χ1) is 10.6. The lowest BCUT2D eigenvalue weighted by atomic mass is 10.1. The van der Waals surface area contributed by atoms with E-state index in [0.29, 0.717) is 6.54 Å². The molecule has 0 unspecified atom stereocenters. The Balaban J connectivity index is 1.70. The Morgan fingerprint density at radius 3 is 2.77 bits per heavy atom. The molecular formula is C15H13BrN4O2. The molecule has 0 saturated carbocycles. The number of halogens is 1. The van der Waals surface area contributed by atoms with Crippen LogP contribution in [0.25, 0.3) is 0 Å². The van der Waals surface area contributed by atoms with Crippen LogP contribution in [0.1, 0.15) is 6.42 Å². The first kappa shape index (κ1) is 14.6. The Hall–Kier alpha value is -2.28. The summed E-state index contributed by atoms with van der Waals surface area (Å²) in [5.74, 6) is -0.458. The number of hydrogen-bond donors (Lipinski definition) is 1. The summed E-state index contributed by atoms with van der Waals surface area (Å²) in [7, 11) is 0. The maximum Gasteiger partial charge on any atom is 0.232 e. The summed E-state index contributed by atoms with van der Waals surface area (Å²) in [5.41, 5.74) is 0.783. The van der Waals surface area contributed by atoms with E-state index in [0.717, 1.165) is 10.2 Å². The summed E-state index contributed by atoms with van der Waals surface area (Å²) in [6.07, 6.45) is 3.29. The quantitative estimate of drug-likeness (QED) is 0.910. The molecule has 1 N–H and O–H groups in total. The van der Waals surface area contributed by atoms with Crippen LogP contribution in [0.4, 0.5) is 11.6 Å². The van der Waals surface area contributed by atoms with Crippen molar-refractivity contribution >= 4 is 39.4 Å². The number of anilines is 2. The fraction of sp³-hybridized carbons (Fsp3) is 0.200. The van der Waals surface area contributed by atoms with Gasteiger partial charge in [-0.05, 0) is 24.3 Å². The monoisotopic (exact) mass is 360 g/mol. The molecule has 2 aromatic rings. The molecule has 6 nitrogen and oxygen atoms in total. The van der Waals surface area contributed by atoms with E-state index in [9.17, 15) is 9.59 Å². The van der Waals surface area contributed by atoms with Gasteiger partial charge in [0.15, 0.2) is 0 Å². The lowest BCUT2D eigenvalue weighted by Crippen LogP contribution is -2.28. The summed E-state index contributed by atoms with van der Waals surface area (Å²) >= 11 is 3.38. The predicted octanol–water partition coefficient (Wildman–Crippen LogP) is 2.23. The van der Waals surface area contributed by atoms with Gasteiger partial charge in [0.05, 0.1) is 5.92 Å². The summed E-state index contributed by atoms with van der Waals surface area (Å²) in [5, 5.41) is 2.64. The molecule has 0 bridgehead atoms. The van der Waals surface area contributed by atoms with Crippen molar-refractivity contribution in [1.82, 2.24) is 9.97 Å². The average Bonchev–Trinajstić information content (AvgIpc) is 2.90. The molecular weight excluding hydrogens is 348 g/mol. The molecule has 0 spiro atoms. The highest BCUT2D eigenvalue weighted by atomic mass is 79.9. The van der Waals surface area contributed by atoms with Crippen LogP contribution in [0.5, 0.6) is 0 Å². The molecule has 3 rings (SSSR count). The van der Waals surface area contributed by atoms with Crippen molar-refractivity contribution in [3.05, 3.63) is 47.2 Å². The van der Waals surface area contributed by atoms with Crippen molar-refractivity contribution in [1.29, 1.82) is 0 Å². The largest absolute Gasteiger partial charge is 0.312 e. The number of carbonyl (C=O) groups is 2. The third kappa shape index (κ3) is 3.14. The SMILES string of the molecule is O=C(Nc1ncccn1)[C@H]1CC(=O)N(c2cccc(Br)c2)C1. The second kappa shape index (κ2) is 6.23. The number of benzene rings is 1. The summed E-state index contributed by atoms with van der Waals surface area (Å²) < 4.78 is 0.892. The third-order valence-corrected chi connectivity index (χ3v) is 3.91. The first-order valence-corrected chi connectivity index (χ1v) is 7.56. The van der Waals surface area contributed by atoms with E-state index in [1.807, 2.05) is 24.3 Å². The van der Waals surface area contributed by atoms with E-state index in [-0.39, 0.29) is 24.2 Å². The molecule has 1 aliphatic rings. The van der Waals surface area contributed by atoms with E-state index in [4.69, 9.17) is 0 Å². The average molecular weight is 361 g/mol. The first-order valence-electron chi connectivity index (χ1n) is 6.77. The molecule has 0 aliphatic carbocycles. The number of aromatic nitrogens is 2. The van der Waals surface area contributed by atoms with Crippen molar-refractivity contribution in [3.63, 3.8) is 0 Å². The molecule has 1 aromatic heterocycles. The highest BCUT2D eigenvalue weighted by molar-refractivity contribution is 9.10. The molecule has 2 heterocycles. The predicted molar refractivity (Wildman–Crippen MR) is 85.3 cm³/mol. The number of amides is 2. The third-order valence-electron chi connectivity index (χ3n) is 3.42. The van der Waals surface area contributed by atoms with E-state index in [1.54, 1.807) is 23.4 Å². The van der Waals surface area contributed by atoms with Gasteiger partial charge in [0, 0.05) is 35.5 Å². The topological polar surface area (TPSA) is 75.2 Å². The number of nitrogens with zero attached hydrogens (tertiary/aromatic N) is 3. The minimum absolute atomic E-state index is 0.0627. The molecule has 1 saturated heterocycles. The highest BCUT2D eigenvalue weighted by Gasteiger charge is 2.35. The van der Waals surface area contributed by atoms with Gasteiger partial charge in [-0.25, -0.2) is 9.97 Å². The van der Waals surface area contributed by atoms with Gasteiger partial charge < -0.3 is 4.90 Å². The van der Waals surface area contributed by atoms with Gasteiger partial charge in [-0.2, -0.15) is 0 Å². The van der Waals surface area contributed by atoms with Crippen LogP contribution in [-0.2, 0) is 9.59 Å². The van der Waals surface area contributed by atoms with Gasteiger partial charge in [0.2, 0.25) is 17.8 Å². The van der Waals surface area contributed by atoms with Crippen molar-refractivity contribution in [2.24, 2.45) is 5.92 Å². The Morgan fingerprint density at radius 1 is 1.27 bits per heavy atom. The fourth-order valence-electron chi connectivity index (χ4n) is 2.35. The van der Waals surface area contributed by atoms with Crippen molar-refractivity contribution in [2.45, 2.75) is 6.42 Å². The zero-order valence-electron chi connectivity index (χ0n) is 11.6. The Bertz CT molecular complexity index is 708. The van der Waals surface area contributed by atoms with E-state index in [2.05, 4.69) is 31.2 Å². The van der Waals surface area contributed by atoms with Crippen LogP contribution in [-0.4, -0.2) is 28.3 Å². The maximum absolute atomic E-state index is 12.2. The van der Waals surface area contributed by atoms with Crippen LogP contribution in [0.15, 0.2) is 47.2 Å². The van der Waals surface area contributed by atoms with Gasteiger partial charge in [-0.1, -0.05) is 22.0 Å². The van der Waals surface area contributed by atoms with Crippen LogP contribution >= 0.6 is 15.9 Å². The summed E-state index contributed by atoms with van der Waals surface area (Å²) in [6, 6.07) is 9.13. The summed E-state index contributed by atoms with van der Waals surface area (Å²) in [4.78, 5) is 33.9. The molecule has 0 radical (unpaired) electrons. The van der Waals surface area contributed by atoms with Crippen LogP contribution in [0.3, 0.4) is 0 Å². The Labute approximate surface area is 135 Å². The second-order valence-electron chi connectivity index (χ2n) is 4.95. The molecule has 1 aliphatic heterocycles. The van der Waals surface area contributed by atoms with Crippen molar-refractivity contribution in [2.75, 3.05) is 16.8 Å². The number of carbonyl (C=O) groups excluding carboxylic acids is 2. The zero-order chi connectivity index (χ0) is 15.5. The fourth-order valence-corrected chi connectivity index (χ4v) is 2.74. The van der Waals surface area contributed by atoms with Crippen LogP contribution in [0.2, 0.25) is 0 Å². The molecule has 2 amide bonds. The van der Waals surface area contributed by atoms with Crippen LogP contribution < -0.4 is 10.2 Å². The standard InChI is InChI=1S/C15H13BrN4O2/c16-11-3-1-4-12(8-11)20-9-10(7-13(20)21)14(22)19-15-17-5-2-6-18-15/h1-6,8,10H,7,9H2,(H,17,18,19,22)/t10-/m0/s1. The Kier molecular flexibility index (Phi) is 4.15. The smallest absolute Gasteiger partial charge is 0.232 e. The lowest BCUT2D eigenvalue weighted by Gasteiger charge is -2.16. The number of nitrogens with one attached hydrogen (secondary N) is 1. The zero-order valence-corrected chi connectivity index (χ0v) is 13.2. The summed E-state index contributed by atoms with van der Waals surface area (Å²) in [6.45, 7) is 0.355. The lowest BCUT2D eigenvalue weighted by molar-refractivity contribution is -0.122. The highest BCUT2D eigenvalue weighted by Crippen LogP contribution is 2.27.